The van der Waals surface area contributed by atoms with Crippen molar-refractivity contribution >= 4 is 0 Å². The number of nitrogens with zero attached hydrogens (tertiary/aromatic N) is 1. The van der Waals surface area contributed by atoms with Crippen molar-refractivity contribution in [1.82, 2.24) is 4.90 Å². The summed E-state index contributed by atoms with van der Waals surface area (Å²) >= 11 is 0. The molecule has 1 aromatic carbocycles. The van der Waals surface area contributed by atoms with E-state index in [9.17, 15) is 0 Å². The van der Waals surface area contributed by atoms with Gasteiger partial charge in [-0.1, -0.05) is 38.0 Å². The van der Waals surface area contributed by atoms with Crippen LogP contribution < -0.4 is 10.5 Å². The molecular weight excluding hydrogens is 248 g/mol. The van der Waals surface area contributed by atoms with Crippen LogP contribution in [0.15, 0.2) is 24.3 Å². The van der Waals surface area contributed by atoms with Gasteiger partial charge < -0.3 is 10.5 Å². The van der Waals surface area contributed by atoms with Gasteiger partial charge in [-0.25, -0.2) is 0 Å². The summed E-state index contributed by atoms with van der Waals surface area (Å²) < 4.78 is 5.89. The highest BCUT2D eigenvalue weighted by Gasteiger charge is 2.09. The molecule has 0 aromatic heterocycles. The minimum atomic E-state index is 0.528. The third kappa shape index (κ3) is 5.93. The van der Waals surface area contributed by atoms with Gasteiger partial charge in [0, 0.05) is 24.7 Å². The number of hydrogen-bond donors (Lipinski definition) is 1. The highest BCUT2D eigenvalue weighted by molar-refractivity contribution is 5.32. The zero-order chi connectivity index (χ0) is 14.8. The molecule has 0 aliphatic rings. The summed E-state index contributed by atoms with van der Waals surface area (Å²) in [6.45, 7) is 10.1. The lowest BCUT2D eigenvalue weighted by Gasteiger charge is -2.26. The van der Waals surface area contributed by atoms with Crippen molar-refractivity contribution in [3.05, 3.63) is 29.8 Å². The van der Waals surface area contributed by atoms with Crippen molar-refractivity contribution in [3.63, 3.8) is 0 Å². The summed E-state index contributed by atoms with van der Waals surface area (Å²) in [7, 11) is 0. The molecule has 114 valence electrons. The van der Waals surface area contributed by atoms with E-state index >= 15 is 0 Å². The molecule has 20 heavy (non-hydrogen) atoms. The summed E-state index contributed by atoms with van der Waals surface area (Å²) in [6.07, 6.45) is 3.85. The zero-order valence-corrected chi connectivity index (χ0v) is 13.3. The van der Waals surface area contributed by atoms with Gasteiger partial charge in [0.1, 0.15) is 12.4 Å². The lowest BCUT2D eigenvalue weighted by molar-refractivity contribution is 0.172. The van der Waals surface area contributed by atoms with E-state index in [2.05, 4.69) is 25.7 Å². The molecule has 0 spiro atoms. The third-order valence-electron chi connectivity index (χ3n) is 3.61. The first-order chi connectivity index (χ1) is 9.69. The van der Waals surface area contributed by atoms with Crippen molar-refractivity contribution in [1.29, 1.82) is 0 Å². The third-order valence-corrected chi connectivity index (χ3v) is 3.61. The summed E-state index contributed by atoms with van der Waals surface area (Å²) in [5.41, 5.74) is 6.80. The number of benzene rings is 1. The molecule has 0 radical (unpaired) electrons. The Morgan fingerprint density at radius 2 is 1.90 bits per heavy atom. The Morgan fingerprint density at radius 3 is 2.55 bits per heavy atom. The first kappa shape index (κ1) is 17.0. The summed E-state index contributed by atoms with van der Waals surface area (Å²) in [5, 5.41) is 0. The summed E-state index contributed by atoms with van der Waals surface area (Å²) in [6, 6.07) is 8.59. The molecule has 0 saturated heterocycles. The minimum Gasteiger partial charge on any atom is -0.492 e. The second kappa shape index (κ2) is 9.78. The van der Waals surface area contributed by atoms with Gasteiger partial charge in [-0.15, -0.1) is 0 Å². The van der Waals surface area contributed by atoms with Crippen LogP contribution in [-0.4, -0.2) is 30.6 Å². The van der Waals surface area contributed by atoms with E-state index in [1.807, 2.05) is 24.3 Å². The SMILES string of the molecule is CCCCCN(CCOc1ccccc1CN)C(C)C. The highest BCUT2D eigenvalue weighted by Crippen LogP contribution is 2.17. The molecule has 0 saturated carbocycles. The number of para-hydroxylation sites is 1. The van der Waals surface area contributed by atoms with Crippen LogP contribution in [0.5, 0.6) is 5.75 Å². The van der Waals surface area contributed by atoms with E-state index in [1.54, 1.807) is 0 Å². The van der Waals surface area contributed by atoms with Crippen molar-refractivity contribution in [2.75, 3.05) is 19.7 Å². The lowest BCUT2D eigenvalue weighted by Crippen LogP contribution is -2.35. The Hall–Kier alpha value is -1.06. The van der Waals surface area contributed by atoms with Crippen LogP contribution in [0.2, 0.25) is 0 Å². The molecule has 1 rings (SSSR count). The van der Waals surface area contributed by atoms with E-state index in [-0.39, 0.29) is 0 Å². The predicted molar refractivity (Wildman–Crippen MR) is 86.1 cm³/mol. The minimum absolute atomic E-state index is 0.528. The fourth-order valence-corrected chi connectivity index (χ4v) is 2.28. The van der Waals surface area contributed by atoms with Crippen molar-refractivity contribution in [2.24, 2.45) is 5.73 Å². The number of ether oxygens (including phenoxy) is 1. The molecular formula is C17H30N2O. The fourth-order valence-electron chi connectivity index (χ4n) is 2.28. The number of hydrogen-bond acceptors (Lipinski definition) is 3. The average Bonchev–Trinajstić information content (AvgIpc) is 2.46. The molecule has 0 aliphatic heterocycles. The maximum Gasteiger partial charge on any atom is 0.123 e. The maximum atomic E-state index is 5.89. The zero-order valence-electron chi connectivity index (χ0n) is 13.3. The molecule has 3 heteroatoms. The predicted octanol–water partition coefficient (Wildman–Crippen LogP) is 3.42. The standard InChI is InChI=1S/C17H30N2O/c1-4-5-8-11-19(15(2)3)12-13-20-17-10-7-6-9-16(17)14-18/h6-7,9-10,15H,4-5,8,11-14,18H2,1-3H3. The molecule has 3 nitrogen and oxygen atoms in total. The van der Waals surface area contributed by atoms with E-state index in [1.165, 1.54) is 19.3 Å². The molecule has 0 bridgehead atoms. The van der Waals surface area contributed by atoms with E-state index < -0.39 is 0 Å². The first-order valence-corrected chi connectivity index (χ1v) is 7.83. The molecule has 2 N–H and O–H groups in total. The van der Waals surface area contributed by atoms with Gasteiger partial charge in [0.25, 0.3) is 0 Å². The van der Waals surface area contributed by atoms with Crippen LogP contribution in [0, 0.1) is 0 Å². The van der Waals surface area contributed by atoms with Crippen LogP contribution in [0.3, 0.4) is 0 Å². The molecule has 0 unspecified atom stereocenters. The van der Waals surface area contributed by atoms with Crippen LogP contribution >= 0.6 is 0 Å². The number of rotatable bonds is 10. The lowest BCUT2D eigenvalue weighted by atomic mass is 10.2. The second-order valence-corrected chi connectivity index (χ2v) is 5.50. The summed E-state index contributed by atoms with van der Waals surface area (Å²) in [4.78, 5) is 2.49. The smallest absolute Gasteiger partial charge is 0.123 e. The molecule has 0 aliphatic carbocycles. The van der Waals surface area contributed by atoms with E-state index in [0.29, 0.717) is 12.6 Å². The van der Waals surface area contributed by atoms with Gasteiger partial charge in [-0.2, -0.15) is 0 Å². The normalized spacial score (nSPS) is 11.3. The van der Waals surface area contributed by atoms with Gasteiger partial charge >= 0.3 is 0 Å². The van der Waals surface area contributed by atoms with Gasteiger partial charge in [-0.05, 0) is 32.9 Å². The Morgan fingerprint density at radius 1 is 1.15 bits per heavy atom. The first-order valence-electron chi connectivity index (χ1n) is 7.83. The van der Waals surface area contributed by atoms with Gasteiger partial charge in [-0.3, -0.25) is 4.90 Å². The van der Waals surface area contributed by atoms with Crippen molar-refractivity contribution in [3.8, 4) is 5.75 Å². The van der Waals surface area contributed by atoms with Crippen LogP contribution in [0.25, 0.3) is 0 Å². The Balaban J connectivity index is 2.39. The van der Waals surface area contributed by atoms with Gasteiger partial charge in [0.15, 0.2) is 0 Å². The van der Waals surface area contributed by atoms with Crippen molar-refractivity contribution in [2.45, 2.75) is 52.6 Å². The molecule has 0 fully saturated rings. The number of nitrogens with two attached hydrogens (primary N) is 1. The fraction of sp³-hybridized carbons (Fsp3) is 0.647. The largest absolute Gasteiger partial charge is 0.492 e. The molecule has 0 atom stereocenters. The van der Waals surface area contributed by atoms with E-state index in [0.717, 1.165) is 31.0 Å². The topological polar surface area (TPSA) is 38.5 Å². The van der Waals surface area contributed by atoms with Gasteiger partial charge in [0.2, 0.25) is 0 Å². The van der Waals surface area contributed by atoms with E-state index in [4.69, 9.17) is 10.5 Å². The quantitative estimate of drug-likeness (QED) is 0.666. The Labute approximate surface area is 124 Å². The van der Waals surface area contributed by atoms with Crippen molar-refractivity contribution < 1.29 is 4.74 Å². The monoisotopic (exact) mass is 278 g/mol. The molecule has 0 amide bonds. The average molecular weight is 278 g/mol. The summed E-state index contributed by atoms with van der Waals surface area (Å²) in [5.74, 6) is 0.923. The second-order valence-electron chi connectivity index (χ2n) is 5.50. The Bertz CT molecular complexity index is 366. The maximum absolute atomic E-state index is 5.89. The van der Waals surface area contributed by atoms with Crippen LogP contribution in [-0.2, 0) is 6.54 Å². The number of unbranched alkanes of at least 4 members (excludes halogenated alkanes) is 2. The molecule has 1 aromatic rings. The van der Waals surface area contributed by atoms with Crippen LogP contribution in [0.4, 0.5) is 0 Å². The Kier molecular flexibility index (Phi) is 8.31. The molecule has 0 heterocycles. The van der Waals surface area contributed by atoms with Gasteiger partial charge in [0.05, 0.1) is 0 Å². The van der Waals surface area contributed by atoms with Crippen LogP contribution in [0.1, 0.15) is 45.6 Å². The highest BCUT2D eigenvalue weighted by atomic mass is 16.5.